The second-order valence-corrected chi connectivity index (χ2v) is 6.85. The van der Waals surface area contributed by atoms with Gasteiger partial charge in [-0.05, 0) is 43.5 Å². The number of benzene rings is 1. The van der Waals surface area contributed by atoms with E-state index in [4.69, 9.17) is 4.42 Å². The third kappa shape index (κ3) is 2.62. The lowest BCUT2D eigenvalue weighted by Gasteiger charge is -2.15. The number of fused-ring (bicyclic) bond motifs is 2. The summed E-state index contributed by atoms with van der Waals surface area (Å²) in [4.78, 5) is 38.1. The van der Waals surface area contributed by atoms with Gasteiger partial charge in [0.05, 0.1) is 5.56 Å². The zero-order valence-electron chi connectivity index (χ0n) is 14.8. The minimum absolute atomic E-state index is 0.0157. The maximum atomic E-state index is 12.7. The quantitative estimate of drug-likeness (QED) is 0.900. The van der Waals surface area contributed by atoms with Crippen LogP contribution in [-0.4, -0.2) is 24.1 Å². The highest BCUT2D eigenvalue weighted by Gasteiger charge is 2.29. The molecule has 1 aliphatic heterocycles. The van der Waals surface area contributed by atoms with Gasteiger partial charge in [-0.3, -0.25) is 14.4 Å². The molecular weight excluding hydrogens is 332 g/mol. The summed E-state index contributed by atoms with van der Waals surface area (Å²) in [5.74, 6) is 0.535. The maximum absolute atomic E-state index is 12.7. The van der Waals surface area contributed by atoms with Crippen molar-refractivity contribution in [1.82, 2.24) is 0 Å². The topological polar surface area (TPSA) is 79.6 Å². The molecule has 0 bridgehead atoms. The Labute approximate surface area is 151 Å². The summed E-state index contributed by atoms with van der Waals surface area (Å²) in [6.07, 6.45) is 2.72. The van der Waals surface area contributed by atoms with Crippen LogP contribution in [0.5, 0.6) is 0 Å². The summed E-state index contributed by atoms with van der Waals surface area (Å²) in [7, 11) is 0. The molecule has 2 aromatic rings. The fraction of sp³-hybridized carbons (Fsp3) is 0.350. The molecule has 0 spiro atoms. The average molecular weight is 352 g/mol. The van der Waals surface area contributed by atoms with Gasteiger partial charge in [0.2, 0.25) is 5.91 Å². The van der Waals surface area contributed by atoms with Crippen LogP contribution in [0.1, 0.15) is 57.6 Å². The molecule has 1 aromatic heterocycles. The molecular formula is C20H20N2O4. The van der Waals surface area contributed by atoms with E-state index < -0.39 is 0 Å². The van der Waals surface area contributed by atoms with Crippen LogP contribution in [0.3, 0.4) is 0 Å². The van der Waals surface area contributed by atoms with Gasteiger partial charge in [0.15, 0.2) is 11.5 Å². The summed E-state index contributed by atoms with van der Waals surface area (Å²) < 4.78 is 5.70. The van der Waals surface area contributed by atoms with Gasteiger partial charge in [-0.25, -0.2) is 0 Å². The third-order valence-corrected chi connectivity index (χ3v) is 5.13. The van der Waals surface area contributed by atoms with Crippen LogP contribution in [0.4, 0.5) is 11.4 Å². The van der Waals surface area contributed by atoms with E-state index in [0.717, 1.165) is 24.1 Å². The first-order chi connectivity index (χ1) is 12.5. The van der Waals surface area contributed by atoms with Gasteiger partial charge in [-0.2, -0.15) is 0 Å². The summed E-state index contributed by atoms with van der Waals surface area (Å²) in [5.41, 5.74) is 3.77. The van der Waals surface area contributed by atoms with Gasteiger partial charge in [0.1, 0.15) is 5.76 Å². The molecule has 0 radical (unpaired) electrons. The minimum Gasteiger partial charge on any atom is -0.455 e. The molecule has 4 rings (SSSR count). The molecule has 1 aliphatic carbocycles. The van der Waals surface area contributed by atoms with Crippen LogP contribution in [0.15, 0.2) is 22.6 Å². The largest absolute Gasteiger partial charge is 0.455 e. The van der Waals surface area contributed by atoms with Crippen molar-refractivity contribution in [3.63, 3.8) is 0 Å². The first-order valence-corrected chi connectivity index (χ1v) is 8.83. The smallest absolute Gasteiger partial charge is 0.291 e. The molecule has 1 N–H and O–H groups in total. The minimum atomic E-state index is -0.355. The van der Waals surface area contributed by atoms with Gasteiger partial charge in [-0.15, -0.1) is 0 Å². The highest BCUT2D eigenvalue weighted by atomic mass is 16.4. The van der Waals surface area contributed by atoms with Crippen molar-refractivity contribution in [3.8, 4) is 0 Å². The van der Waals surface area contributed by atoms with Gasteiger partial charge in [0, 0.05) is 43.2 Å². The highest BCUT2D eigenvalue weighted by molar-refractivity contribution is 6.07. The fourth-order valence-corrected chi connectivity index (χ4v) is 3.86. The molecule has 2 heterocycles. The number of amides is 2. The number of Topliss-reactive ketones (excluding diaryl/α,β-unsaturated/α-hetero) is 1. The number of aryl methyl sites for hydroxylation is 1. The summed E-state index contributed by atoms with van der Waals surface area (Å²) in [6.45, 7) is 3.97. The molecule has 2 aliphatic rings. The lowest BCUT2D eigenvalue weighted by molar-refractivity contribution is -0.116. The van der Waals surface area contributed by atoms with Crippen LogP contribution >= 0.6 is 0 Å². The zero-order valence-corrected chi connectivity index (χ0v) is 14.8. The fourth-order valence-electron chi connectivity index (χ4n) is 3.86. The Kier molecular flexibility index (Phi) is 3.90. The second-order valence-electron chi connectivity index (χ2n) is 6.85. The molecule has 6 heteroatoms. The van der Waals surface area contributed by atoms with E-state index >= 15 is 0 Å². The van der Waals surface area contributed by atoms with E-state index in [9.17, 15) is 14.4 Å². The van der Waals surface area contributed by atoms with Gasteiger partial charge in [0.25, 0.3) is 5.91 Å². The molecule has 0 saturated heterocycles. The van der Waals surface area contributed by atoms with Crippen LogP contribution in [0.2, 0.25) is 0 Å². The molecule has 0 fully saturated rings. The summed E-state index contributed by atoms with van der Waals surface area (Å²) in [6, 6.07) is 5.52. The molecule has 0 saturated carbocycles. The first kappa shape index (κ1) is 16.6. The van der Waals surface area contributed by atoms with E-state index in [1.165, 1.54) is 0 Å². The molecule has 1 aromatic carbocycles. The number of anilines is 2. The SMILES string of the molecule is CC(=O)N1CCc2cc(NC(=O)c3oc4c(c3C)C(=O)CCC4)ccc21. The van der Waals surface area contributed by atoms with E-state index in [1.807, 2.05) is 12.1 Å². The number of hydrogen-bond acceptors (Lipinski definition) is 4. The molecule has 6 nitrogen and oxygen atoms in total. The number of carbonyl (C=O) groups is 3. The molecule has 0 atom stereocenters. The Balaban J connectivity index is 1.58. The highest BCUT2D eigenvalue weighted by Crippen LogP contribution is 2.32. The number of nitrogens with zero attached hydrogens (tertiary/aromatic N) is 1. The Morgan fingerprint density at radius 1 is 1.19 bits per heavy atom. The van der Waals surface area contributed by atoms with Crippen molar-refractivity contribution in [2.24, 2.45) is 0 Å². The van der Waals surface area contributed by atoms with Crippen molar-refractivity contribution >= 4 is 29.0 Å². The normalized spacial score (nSPS) is 15.6. The predicted molar refractivity (Wildman–Crippen MR) is 96.8 cm³/mol. The van der Waals surface area contributed by atoms with Crippen molar-refractivity contribution in [2.45, 2.75) is 39.5 Å². The lowest BCUT2D eigenvalue weighted by Crippen LogP contribution is -2.25. The number of carbonyl (C=O) groups excluding carboxylic acids is 3. The molecule has 0 unspecified atom stereocenters. The Hall–Kier alpha value is -2.89. The Bertz CT molecular complexity index is 942. The molecule has 26 heavy (non-hydrogen) atoms. The Morgan fingerprint density at radius 3 is 2.73 bits per heavy atom. The standard InChI is InChI=1S/C20H20N2O4/c1-11-18-16(24)4-3-5-17(18)26-19(11)20(25)21-14-6-7-15-13(10-14)8-9-22(15)12(2)23/h6-7,10H,3-5,8-9H2,1-2H3,(H,21,25). The van der Waals surface area contributed by atoms with E-state index in [-0.39, 0.29) is 23.4 Å². The van der Waals surface area contributed by atoms with E-state index in [1.54, 1.807) is 24.8 Å². The summed E-state index contributed by atoms with van der Waals surface area (Å²) >= 11 is 0. The lowest BCUT2D eigenvalue weighted by atomic mass is 9.94. The van der Waals surface area contributed by atoms with Crippen molar-refractivity contribution in [3.05, 3.63) is 46.4 Å². The number of hydrogen-bond donors (Lipinski definition) is 1. The second kappa shape index (κ2) is 6.12. The third-order valence-electron chi connectivity index (χ3n) is 5.13. The van der Waals surface area contributed by atoms with Crippen LogP contribution in [-0.2, 0) is 17.6 Å². The number of furan rings is 1. The molecule has 2 amide bonds. The zero-order chi connectivity index (χ0) is 18.4. The van der Waals surface area contributed by atoms with Crippen molar-refractivity contribution in [2.75, 3.05) is 16.8 Å². The van der Waals surface area contributed by atoms with Crippen LogP contribution in [0.25, 0.3) is 0 Å². The predicted octanol–water partition coefficient (Wildman–Crippen LogP) is 3.27. The maximum Gasteiger partial charge on any atom is 0.291 e. The van der Waals surface area contributed by atoms with Gasteiger partial charge < -0.3 is 14.6 Å². The first-order valence-electron chi connectivity index (χ1n) is 8.83. The number of rotatable bonds is 2. The van der Waals surface area contributed by atoms with Crippen molar-refractivity contribution < 1.29 is 18.8 Å². The van der Waals surface area contributed by atoms with Gasteiger partial charge >= 0.3 is 0 Å². The molecule has 134 valence electrons. The van der Waals surface area contributed by atoms with E-state index in [2.05, 4.69) is 5.32 Å². The summed E-state index contributed by atoms with van der Waals surface area (Å²) in [5, 5.41) is 2.85. The van der Waals surface area contributed by atoms with Crippen LogP contribution < -0.4 is 10.2 Å². The van der Waals surface area contributed by atoms with E-state index in [0.29, 0.717) is 42.0 Å². The monoisotopic (exact) mass is 352 g/mol. The number of ketones is 1. The van der Waals surface area contributed by atoms with Crippen molar-refractivity contribution in [1.29, 1.82) is 0 Å². The van der Waals surface area contributed by atoms with Crippen LogP contribution in [0, 0.1) is 6.92 Å². The average Bonchev–Trinajstić information content (AvgIpc) is 3.16. The number of nitrogens with one attached hydrogen (secondary N) is 1. The van der Waals surface area contributed by atoms with Gasteiger partial charge in [-0.1, -0.05) is 0 Å². The Morgan fingerprint density at radius 2 is 2.00 bits per heavy atom.